The fourth-order valence-corrected chi connectivity index (χ4v) is 6.33. The lowest BCUT2D eigenvalue weighted by Gasteiger charge is -2.15. The molecule has 7 rings (SSSR count). The van der Waals surface area contributed by atoms with E-state index in [4.69, 9.17) is 30.7 Å². The van der Waals surface area contributed by atoms with Gasteiger partial charge in [-0.1, -0.05) is 48.6 Å². The summed E-state index contributed by atoms with van der Waals surface area (Å²) in [7, 11) is -10.5. The lowest BCUT2D eigenvalue weighted by molar-refractivity contribution is -0.686. The van der Waals surface area contributed by atoms with Gasteiger partial charge < -0.3 is 13.8 Å². The minimum atomic E-state index is -6.09. The number of methoxy groups -OCH3 is 1. The van der Waals surface area contributed by atoms with E-state index in [9.17, 15) is 26.3 Å². The van der Waals surface area contributed by atoms with Crippen molar-refractivity contribution in [3.05, 3.63) is 113 Å². The van der Waals surface area contributed by atoms with Crippen LogP contribution >= 0.6 is 0 Å². The molecule has 2 aliphatic heterocycles. The van der Waals surface area contributed by atoms with Crippen molar-refractivity contribution >= 4 is 43.3 Å². The van der Waals surface area contributed by atoms with Crippen LogP contribution in [0.4, 0.5) is 26.3 Å². The Morgan fingerprint density at radius 1 is 0.685 bits per heavy atom. The van der Waals surface area contributed by atoms with Crippen LogP contribution in [0.3, 0.4) is 0 Å². The number of para-hydroxylation sites is 1. The molecule has 54 heavy (non-hydrogen) atoms. The molecule has 3 aromatic carbocycles. The quantitative estimate of drug-likeness (QED) is 0.0839. The zero-order valence-electron chi connectivity index (χ0n) is 28.4. The highest BCUT2D eigenvalue weighted by Gasteiger charge is 2.38. The molecule has 4 heterocycles. The summed E-state index contributed by atoms with van der Waals surface area (Å²) in [6.45, 7) is 2.09. The molecule has 2 aromatic heterocycles. The van der Waals surface area contributed by atoms with Gasteiger partial charge in [-0.25, -0.2) is 16.8 Å². The summed E-state index contributed by atoms with van der Waals surface area (Å²) in [4.78, 5) is 0. The van der Waals surface area contributed by atoms with Crippen molar-refractivity contribution in [2.75, 3.05) is 7.11 Å². The zero-order valence-corrected chi connectivity index (χ0v) is 30.0. The molecule has 0 atom stereocenters. The van der Waals surface area contributed by atoms with Crippen LogP contribution < -0.4 is 13.9 Å². The number of aryl methyl sites for hydroxylation is 4. The van der Waals surface area contributed by atoms with Crippen LogP contribution in [0.1, 0.15) is 35.1 Å². The molecule has 9 nitrogen and oxygen atoms in total. The predicted octanol–water partition coefficient (Wildman–Crippen LogP) is 6.92. The van der Waals surface area contributed by atoms with Crippen molar-refractivity contribution in [2.24, 2.45) is 0 Å². The molecule has 0 spiro atoms. The van der Waals surface area contributed by atoms with Crippen molar-refractivity contribution in [3.63, 3.8) is 0 Å². The number of halogens is 6. The Bertz CT molecular complexity index is 2370. The minimum Gasteiger partial charge on any atom is -0.741 e. The van der Waals surface area contributed by atoms with Crippen LogP contribution in [0.15, 0.2) is 91.1 Å². The lowest BCUT2D eigenvalue weighted by atomic mass is 9.88. The first kappa shape index (κ1) is 40.3. The van der Waals surface area contributed by atoms with Crippen LogP contribution in [-0.2, 0) is 46.2 Å². The number of fused-ring (bicyclic) bond motifs is 9. The maximum atomic E-state index is 10.7. The average molecular weight is 795 g/mol. The van der Waals surface area contributed by atoms with Crippen LogP contribution in [0, 0.1) is 0 Å². The Morgan fingerprint density at radius 2 is 1.22 bits per heavy atom. The Morgan fingerprint density at radius 3 is 1.80 bits per heavy atom. The molecule has 0 unspecified atom stereocenters. The third-order valence-electron chi connectivity index (χ3n) is 8.73. The highest BCUT2D eigenvalue weighted by Crippen LogP contribution is 2.40. The highest BCUT2D eigenvalue weighted by molar-refractivity contribution is 7.86. The van der Waals surface area contributed by atoms with Gasteiger partial charge in [0, 0.05) is 37.1 Å². The molecule has 0 radical (unpaired) electrons. The molecule has 17 heteroatoms. The van der Waals surface area contributed by atoms with E-state index >= 15 is 0 Å². The van der Waals surface area contributed by atoms with Gasteiger partial charge in [-0.05, 0) is 59.4 Å². The van der Waals surface area contributed by atoms with Crippen LogP contribution in [0.2, 0.25) is 0 Å². The number of benzene rings is 3. The van der Waals surface area contributed by atoms with Crippen molar-refractivity contribution in [1.82, 2.24) is 0 Å². The van der Waals surface area contributed by atoms with E-state index in [1.807, 2.05) is 12.1 Å². The fraction of sp³-hybridized carbons (Fsp3) is 0.243. The molecular weight excluding hydrogens is 763 g/mol. The van der Waals surface area contributed by atoms with E-state index in [2.05, 4.69) is 100 Å². The molecule has 0 N–H and O–H groups in total. The number of hydrogen-bond donors (Lipinski definition) is 0. The Hall–Kier alpha value is -4.84. The van der Waals surface area contributed by atoms with Gasteiger partial charge >= 0.3 is 11.0 Å². The average Bonchev–Trinajstić information content (AvgIpc) is 3.41. The maximum Gasteiger partial charge on any atom is 0.485 e. The van der Waals surface area contributed by atoms with Crippen molar-refractivity contribution in [2.45, 2.75) is 49.8 Å². The SMILES string of the molecule is COc1ccc(/C=C/c2cc3[n+](c4ccccc24)CCCc2ccc4c(c2-3)-c2cccc[n+]2CCC4)cc1.O=S(=O)([O-])C(F)(F)F.O=S(=O)([O-])C(F)(F)F. The van der Waals surface area contributed by atoms with Gasteiger partial charge in [0.1, 0.15) is 18.8 Å². The number of ether oxygens (including phenoxy) is 1. The first-order chi connectivity index (χ1) is 25.3. The number of pyridine rings is 2. The second kappa shape index (κ2) is 15.9. The molecule has 0 aliphatic carbocycles. The van der Waals surface area contributed by atoms with E-state index < -0.39 is 31.3 Å². The number of aromatic nitrogens is 2. The fourth-order valence-electron chi connectivity index (χ4n) is 6.33. The molecule has 0 saturated heterocycles. The van der Waals surface area contributed by atoms with Crippen molar-refractivity contribution < 1.29 is 66.2 Å². The number of nitrogens with zero attached hydrogens (tertiary/aromatic N) is 2. The van der Waals surface area contributed by atoms with E-state index in [-0.39, 0.29) is 0 Å². The standard InChI is InChI=1S/C35H32N2O.2CHF3O3S/c1-38-29-19-14-25(15-20-29)13-16-28-24-33-35-27(9-7-23-37(33)31-11-3-2-10-30(28)31)18-17-26-8-6-22-36-21-5-4-12-32(36)34(26)35;2*2-1(3,4)8(5,6)7/h2-5,10-21,24H,6-9,22-23H2,1H3;2*(H,5,6,7)/q+2;;/p-2/b16-13+;;. The van der Waals surface area contributed by atoms with Gasteiger partial charge in [-0.2, -0.15) is 35.5 Å². The Labute approximate surface area is 307 Å². The summed E-state index contributed by atoms with van der Waals surface area (Å²) in [6.07, 6.45) is 11.3. The molecule has 2 aliphatic rings. The van der Waals surface area contributed by atoms with E-state index in [0.29, 0.717) is 0 Å². The van der Waals surface area contributed by atoms with Gasteiger partial charge in [0.25, 0.3) is 0 Å². The molecule has 0 saturated carbocycles. The Kier molecular flexibility index (Phi) is 11.9. The summed E-state index contributed by atoms with van der Waals surface area (Å²) >= 11 is 0. The summed E-state index contributed by atoms with van der Waals surface area (Å²) in [5, 5.41) is 1.29. The lowest BCUT2D eigenvalue weighted by Crippen LogP contribution is -2.37. The van der Waals surface area contributed by atoms with E-state index in [1.165, 1.54) is 56.5 Å². The van der Waals surface area contributed by atoms with Gasteiger partial charge in [0.15, 0.2) is 26.4 Å². The second-order valence-corrected chi connectivity index (χ2v) is 14.9. The summed E-state index contributed by atoms with van der Waals surface area (Å²) in [5.74, 6) is 0.879. The number of alkyl halides is 6. The largest absolute Gasteiger partial charge is 0.741 e. The molecule has 0 bridgehead atoms. The summed E-state index contributed by atoms with van der Waals surface area (Å²) < 4.78 is 128. The number of rotatable bonds is 3. The second-order valence-electron chi connectivity index (χ2n) is 12.2. The van der Waals surface area contributed by atoms with Gasteiger partial charge in [0.05, 0.1) is 23.6 Å². The first-order valence-electron chi connectivity index (χ1n) is 16.3. The van der Waals surface area contributed by atoms with Gasteiger partial charge in [-0.3, -0.25) is 0 Å². The van der Waals surface area contributed by atoms with Crippen molar-refractivity contribution in [3.8, 4) is 28.3 Å². The Balaban J connectivity index is 0.000000295. The molecule has 0 amide bonds. The van der Waals surface area contributed by atoms with Crippen LogP contribution in [0.25, 0.3) is 45.6 Å². The topological polar surface area (TPSA) is 131 Å². The number of hydrogen-bond acceptors (Lipinski definition) is 7. The predicted molar refractivity (Wildman–Crippen MR) is 185 cm³/mol. The monoisotopic (exact) mass is 794 g/mol. The van der Waals surface area contributed by atoms with Crippen molar-refractivity contribution in [1.29, 1.82) is 0 Å². The van der Waals surface area contributed by atoms with Crippen LogP contribution in [0.5, 0.6) is 5.75 Å². The maximum absolute atomic E-state index is 10.7. The van der Waals surface area contributed by atoms with E-state index in [1.54, 1.807) is 7.11 Å². The molecule has 286 valence electrons. The zero-order chi connectivity index (χ0) is 39.5. The smallest absolute Gasteiger partial charge is 0.485 e. The summed E-state index contributed by atoms with van der Waals surface area (Å²) in [5.41, 5.74) is 0.891. The molecule has 5 aromatic rings. The van der Waals surface area contributed by atoms with E-state index in [0.717, 1.165) is 43.7 Å². The normalized spacial score (nSPS) is 14.2. The molecular formula is C37H32F6N2O7S2. The third kappa shape index (κ3) is 9.09. The van der Waals surface area contributed by atoms with Crippen LogP contribution in [-0.4, -0.2) is 44.1 Å². The first-order valence-corrected chi connectivity index (χ1v) is 19.1. The third-order valence-corrected chi connectivity index (χ3v) is 9.86. The van der Waals surface area contributed by atoms with Gasteiger partial charge in [-0.15, -0.1) is 0 Å². The van der Waals surface area contributed by atoms with Gasteiger partial charge in [0.2, 0.25) is 16.9 Å². The molecule has 0 fully saturated rings. The minimum absolute atomic E-state index is 0.879. The highest BCUT2D eigenvalue weighted by atomic mass is 32.2. The summed E-state index contributed by atoms with van der Waals surface area (Å²) in [6, 6.07) is 31.0.